The summed E-state index contributed by atoms with van der Waals surface area (Å²) in [5, 5.41) is 4.26. The van der Waals surface area contributed by atoms with Gasteiger partial charge in [0.2, 0.25) is 0 Å². The lowest BCUT2D eigenvalue weighted by Crippen LogP contribution is -2.32. The maximum atomic E-state index is 12.9. The van der Waals surface area contributed by atoms with E-state index in [9.17, 15) is 4.79 Å². The number of aryl methyl sites for hydroxylation is 2. The summed E-state index contributed by atoms with van der Waals surface area (Å²) in [5.74, 6) is 0.592. The highest BCUT2D eigenvalue weighted by atomic mass is 16.4. The van der Waals surface area contributed by atoms with Gasteiger partial charge in [-0.2, -0.15) is 0 Å². The van der Waals surface area contributed by atoms with E-state index in [1.807, 2.05) is 48.8 Å². The average Bonchev–Trinajstić information content (AvgIpc) is 3.43. The van der Waals surface area contributed by atoms with Crippen molar-refractivity contribution in [2.75, 3.05) is 18.0 Å². The fraction of sp³-hybridized carbons (Fsp3) is 0.292. The molecule has 0 unspecified atom stereocenters. The van der Waals surface area contributed by atoms with Gasteiger partial charge in [0.05, 0.1) is 28.7 Å². The number of imidazole rings is 1. The molecule has 0 bridgehead atoms. The van der Waals surface area contributed by atoms with Crippen LogP contribution in [0.3, 0.4) is 0 Å². The van der Waals surface area contributed by atoms with Gasteiger partial charge in [0.1, 0.15) is 5.58 Å². The molecule has 7 heteroatoms. The molecule has 2 aliphatic rings. The van der Waals surface area contributed by atoms with Crippen LogP contribution in [0.5, 0.6) is 0 Å². The molecule has 2 aliphatic heterocycles. The van der Waals surface area contributed by atoms with Gasteiger partial charge in [-0.25, -0.2) is 9.78 Å². The first-order chi connectivity index (χ1) is 15.0. The van der Waals surface area contributed by atoms with Crippen LogP contribution >= 0.6 is 0 Å². The first-order valence-electron chi connectivity index (χ1n) is 10.6. The molecule has 1 aromatic carbocycles. The number of hydrogen-bond acceptors (Lipinski definition) is 6. The second-order valence-electron chi connectivity index (χ2n) is 8.59. The van der Waals surface area contributed by atoms with E-state index in [0.29, 0.717) is 28.8 Å². The number of nitrogens with zero attached hydrogens (tertiary/aromatic N) is 4. The molecule has 1 N–H and O–H groups in total. The number of aromatic nitrogens is 3. The summed E-state index contributed by atoms with van der Waals surface area (Å²) in [6.07, 6.45) is 4.90. The Hall–Kier alpha value is -3.61. The van der Waals surface area contributed by atoms with Crippen LogP contribution in [-0.2, 0) is 0 Å². The van der Waals surface area contributed by atoms with Gasteiger partial charge in [-0.3, -0.25) is 4.98 Å². The third kappa shape index (κ3) is 2.76. The number of hydrogen-bond donors (Lipinski definition) is 1. The number of benzene rings is 1. The minimum Gasteiger partial charge on any atom is -0.422 e. The number of nitrogens with one attached hydrogen (secondary N) is 1. The van der Waals surface area contributed by atoms with Gasteiger partial charge in [-0.1, -0.05) is 6.58 Å². The Kier molecular flexibility index (Phi) is 3.78. The van der Waals surface area contributed by atoms with Crippen molar-refractivity contribution in [1.82, 2.24) is 19.7 Å². The molecular formula is C24H23N5O2. The van der Waals surface area contributed by atoms with Gasteiger partial charge >= 0.3 is 5.63 Å². The third-order valence-corrected chi connectivity index (χ3v) is 6.52. The first kappa shape index (κ1) is 18.2. The lowest BCUT2D eigenvalue weighted by Gasteiger charge is -2.26. The molecule has 0 spiro atoms. The lowest BCUT2D eigenvalue weighted by molar-refractivity contribution is 0.562. The molecule has 0 radical (unpaired) electrons. The van der Waals surface area contributed by atoms with Gasteiger partial charge in [0.15, 0.2) is 5.65 Å². The van der Waals surface area contributed by atoms with E-state index in [0.717, 1.165) is 53.3 Å². The Morgan fingerprint density at radius 3 is 2.94 bits per heavy atom. The molecule has 2 saturated heterocycles. The Labute approximate surface area is 179 Å². The smallest absolute Gasteiger partial charge is 0.345 e. The van der Waals surface area contributed by atoms with Crippen molar-refractivity contribution in [2.45, 2.75) is 26.3 Å². The predicted octanol–water partition coefficient (Wildman–Crippen LogP) is 3.43. The summed E-state index contributed by atoms with van der Waals surface area (Å²) in [6.45, 7) is 10.0. The van der Waals surface area contributed by atoms with Crippen LogP contribution < -0.4 is 15.8 Å². The summed E-state index contributed by atoms with van der Waals surface area (Å²) in [6, 6.07) is 8.26. The standard InChI is InChI=1S/C24H23N5O2/c1-13-11-28-12-20(27-23(28)15(3)26-13)19-8-16-4-5-18(9-21(16)31-24(19)30)29-7-6-17-10-25-14(2)22(17)29/h4-5,8-9,11-12,17,22,25H,2,6-7,10H2,1,3H3/t17-,22+/m0/s1. The molecule has 2 fully saturated rings. The zero-order valence-corrected chi connectivity index (χ0v) is 17.6. The maximum Gasteiger partial charge on any atom is 0.345 e. The molecule has 6 rings (SSSR count). The third-order valence-electron chi connectivity index (χ3n) is 6.52. The van der Waals surface area contributed by atoms with Crippen molar-refractivity contribution in [3.8, 4) is 11.3 Å². The topological polar surface area (TPSA) is 75.7 Å². The van der Waals surface area contributed by atoms with Crippen LogP contribution in [0.25, 0.3) is 27.9 Å². The Morgan fingerprint density at radius 1 is 1.19 bits per heavy atom. The van der Waals surface area contributed by atoms with Crippen molar-refractivity contribution < 1.29 is 4.42 Å². The van der Waals surface area contributed by atoms with Crippen molar-refractivity contribution in [3.05, 3.63) is 70.7 Å². The van der Waals surface area contributed by atoms with Crippen molar-refractivity contribution in [2.24, 2.45) is 5.92 Å². The Bertz CT molecular complexity index is 1430. The average molecular weight is 413 g/mol. The van der Waals surface area contributed by atoms with E-state index < -0.39 is 0 Å². The van der Waals surface area contributed by atoms with E-state index in [1.165, 1.54) is 0 Å². The first-order valence-corrected chi connectivity index (χ1v) is 10.6. The lowest BCUT2D eigenvalue weighted by atomic mass is 10.0. The summed E-state index contributed by atoms with van der Waals surface area (Å²) in [7, 11) is 0. The molecule has 2 atom stereocenters. The highest BCUT2D eigenvalue weighted by molar-refractivity contribution is 5.84. The van der Waals surface area contributed by atoms with E-state index in [2.05, 4.69) is 32.8 Å². The van der Waals surface area contributed by atoms with Gasteiger partial charge in [-0.15, -0.1) is 0 Å². The summed E-state index contributed by atoms with van der Waals surface area (Å²) < 4.78 is 7.66. The number of fused-ring (bicyclic) bond motifs is 3. The van der Waals surface area contributed by atoms with Crippen LogP contribution in [0.1, 0.15) is 17.8 Å². The van der Waals surface area contributed by atoms with E-state index in [1.54, 1.807) is 0 Å². The van der Waals surface area contributed by atoms with Crippen molar-refractivity contribution >= 4 is 22.3 Å². The van der Waals surface area contributed by atoms with Crippen LogP contribution in [-0.4, -0.2) is 33.5 Å². The molecule has 0 saturated carbocycles. The van der Waals surface area contributed by atoms with Crippen molar-refractivity contribution in [3.63, 3.8) is 0 Å². The molecular weight excluding hydrogens is 390 g/mol. The highest BCUT2D eigenvalue weighted by Crippen LogP contribution is 2.37. The zero-order chi connectivity index (χ0) is 21.3. The van der Waals surface area contributed by atoms with Crippen molar-refractivity contribution in [1.29, 1.82) is 0 Å². The Morgan fingerprint density at radius 2 is 2.06 bits per heavy atom. The quantitative estimate of drug-likeness (QED) is 0.508. The van der Waals surface area contributed by atoms with E-state index >= 15 is 0 Å². The van der Waals surface area contributed by atoms with Gasteiger partial charge < -0.3 is 19.0 Å². The van der Waals surface area contributed by atoms with Crippen LogP contribution in [0.15, 0.2) is 58.1 Å². The highest BCUT2D eigenvalue weighted by Gasteiger charge is 2.40. The maximum absolute atomic E-state index is 12.9. The fourth-order valence-corrected chi connectivity index (χ4v) is 5.09. The summed E-state index contributed by atoms with van der Waals surface area (Å²) in [4.78, 5) is 24.3. The summed E-state index contributed by atoms with van der Waals surface area (Å²) in [5.41, 5.74) is 5.84. The van der Waals surface area contributed by atoms with Gasteiger partial charge in [-0.05, 0) is 38.5 Å². The molecule has 31 heavy (non-hydrogen) atoms. The van der Waals surface area contributed by atoms with E-state index in [-0.39, 0.29) is 5.63 Å². The monoisotopic (exact) mass is 413 g/mol. The molecule has 5 heterocycles. The van der Waals surface area contributed by atoms with Gasteiger partial charge in [0.25, 0.3) is 0 Å². The molecule has 0 amide bonds. The Balaban J connectivity index is 1.42. The normalized spacial score (nSPS) is 20.6. The second-order valence-corrected chi connectivity index (χ2v) is 8.59. The molecule has 3 aromatic heterocycles. The van der Waals surface area contributed by atoms with Gasteiger partial charge in [0, 0.05) is 54.2 Å². The number of rotatable bonds is 2. The van der Waals surface area contributed by atoms with Crippen LogP contribution in [0.4, 0.5) is 5.69 Å². The predicted molar refractivity (Wildman–Crippen MR) is 120 cm³/mol. The number of anilines is 1. The molecule has 4 aromatic rings. The molecule has 7 nitrogen and oxygen atoms in total. The van der Waals surface area contributed by atoms with E-state index in [4.69, 9.17) is 4.42 Å². The minimum absolute atomic E-state index is 0.307. The molecule has 0 aliphatic carbocycles. The SMILES string of the molecule is C=C1NC[C@@H]2CCN(c3ccc4cc(-c5cn6cc(C)nc(C)c6n5)c(=O)oc4c3)[C@H]12. The molecule has 156 valence electrons. The minimum atomic E-state index is -0.387. The zero-order valence-electron chi connectivity index (χ0n) is 17.6. The van der Waals surface area contributed by atoms with Crippen LogP contribution in [0.2, 0.25) is 0 Å². The largest absolute Gasteiger partial charge is 0.422 e. The fourth-order valence-electron chi connectivity index (χ4n) is 5.09. The summed E-state index contributed by atoms with van der Waals surface area (Å²) >= 11 is 0. The second kappa shape index (κ2) is 6.44. The van der Waals surface area contributed by atoms with Crippen LogP contribution in [0, 0.1) is 19.8 Å².